The zero-order valence-electron chi connectivity index (χ0n) is 14.8. The van der Waals surface area contributed by atoms with Crippen molar-refractivity contribution in [1.82, 2.24) is 15.1 Å². The summed E-state index contributed by atoms with van der Waals surface area (Å²) in [5.41, 5.74) is 0.666. The molecule has 0 saturated carbocycles. The van der Waals surface area contributed by atoms with E-state index in [1.807, 2.05) is 30.3 Å². The average molecular weight is 369 g/mol. The van der Waals surface area contributed by atoms with E-state index in [4.69, 9.17) is 13.9 Å². The maximum atomic E-state index is 12.0. The van der Waals surface area contributed by atoms with Gasteiger partial charge in [-0.15, -0.1) is 5.10 Å². The van der Waals surface area contributed by atoms with E-state index >= 15 is 0 Å². The van der Waals surface area contributed by atoms with Gasteiger partial charge in [-0.1, -0.05) is 30.3 Å². The van der Waals surface area contributed by atoms with Crippen LogP contribution in [-0.2, 0) is 11.3 Å². The van der Waals surface area contributed by atoms with Gasteiger partial charge in [-0.3, -0.25) is 4.79 Å². The molecule has 140 valence electrons. The molecule has 0 bridgehead atoms. The number of hydrogen-bond acceptors (Lipinski definition) is 6. The van der Waals surface area contributed by atoms with Gasteiger partial charge in [0.25, 0.3) is 0 Å². The lowest BCUT2D eigenvalue weighted by molar-refractivity contribution is -0.122. The fourth-order valence-corrected chi connectivity index (χ4v) is 2.38. The number of ether oxygens (including phenoxy) is 2. The monoisotopic (exact) mass is 369 g/mol. The van der Waals surface area contributed by atoms with Crippen molar-refractivity contribution in [1.29, 1.82) is 0 Å². The molecule has 0 atom stereocenters. The van der Waals surface area contributed by atoms with Gasteiger partial charge in [-0.05, 0) is 24.3 Å². The van der Waals surface area contributed by atoms with Crippen molar-refractivity contribution in [2.24, 2.45) is 0 Å². The van der Waals surface area contributed by atoms with E-state index in [9.17, 15) is 9.59 Å². The first-order chi connectivity index (χ1) is 13.2. The summed E-state index contributed by atoms with van der Waals surface area (Å²) in [4.78, 5) is 23.9. The van der Waals surface area contributed by atoms with Gasteiger partial charge in [0.2, 0.25) is 11.8 Å². The van der Waals surface area contributed by atoms with Gasteiger partial charge in [0.15, 0.2) is 11.5 Å². The third-order valence-corrected chi connectivity index (χ3v) is 3.67. The molecule has 0 aliphatic carbocycles. The molecule has 8 nitrogen and oxygen atoms in total. The number of nitrogens with zero attached hydrogens (tertiary/aromatic N) is 2. The van der Waals surface area contributed by atoms with Crippen LogP contribution in [0.5, 0.6) is 11.5 Å². The summed E-state index contributed by atoms with van der Waals surface area (Å²) in [5, 5.41) is 6.72. The van der Waals surface area contributed by atoms with Crippen LogP contribution in [0, 0.1) is 0 Å². The molecule has 0 fully saturated rings. The van der Waals surface area contributed by atoms with Crippen molar-refractivity contribution in [3.05, 3.63) is 65.1 Å². The fraction of sp³-hybridized carbons (Fsp3) is 0.211. The lowest BCUT2D eigenvalue weighted by Gasteiger charge is -2.10. The molecule has 0 aliphatic heterocycles. The Balaban J connectivity index is 1.50. The van der Waals surface area contributed by atoms with E-state index in [1.165, 1.54) is 0 Å². The van der Waals surface area contributed by atoms with Crippen molar-refractivity contribution < 1.29 is 18.7 Å². The lowest BCUT2D eigenvalue weighted by Crippen LogP contribution is -2.34. The predicted molar refractivity (Wildman–Crippen MR) is 97.7 cm³/mol. The first kappa shape index (κ1) is 18.2. The van der Waals surface area contributed by atoms with Crippen LogP contribution in [0.25, 0.3) is 11.5 Å². The standard InChI is InChI=1S/C19H19N3O5/c1-25-15-9-5-6-10-16(15)26-12-11-20-17(23)13-22-19(24)27-18(21-22)14-7-3-2-4-8-14/h2-10H,11-13H2,1H3,(H,20,23). The molecule has 1 N–H and O–H groups in total. The first-order valence-corrected chi connectivity index (χ1v) is 8.33. The van der Waals surface area contributed by atoms with Crippen LogP contribution in [0.2, 0.25) is 0 Å². The minimum Gasteiger partial charge on any atom is -0.493 e. The molecule has 1 aromatic heterocycles. The number of hydrogen-bond donors (Lipinski definition) is 1. The molecule has 0 spiro atoms. The summed E-state index contributed by atoms with van der Waals surface area (Å²) >= 11 is 0. The van der Waals surface area contributed by atoms with Crippen LogP contribution in [0.3, 0.4) is 0 Å². The maximum absolute atomic E-state index is 12.0. The number of carbonyl (C=O) groups excluding carboxylic acids is 1. The molecule has 3 aromatic rings. The molecule has 27 heavy (non-hydrogen) atoms. The summed E-state index contributed by atoms with van der Waals surface area (Å²) in [7, 11) is 1.56. The van der Waals surface area contributed by atoms with Gasteiger partial charge < -0.3 is 19.2 Å². The highest BCUT2D eigenvalue weighted by Crippen LogP contribution is 2.25. The molecular weight excluding hydrogens is 350 g/mol. The van der Waals surface area contributed by atoms with Gasteiger partial charge in [0.1, 0.15) is 13.2 Å². The number of para-hydroxylation sites is 2. The minimum absolute atomic E-state index is 0.174. The highest BCUT2D eigenvalue weighted by Gasteiger charge is 2.13. The molecule has 1 amide bonds. The van der Waals surface area contributed by atoms with Crippen molar-refractivity contribution in [2.75, 3.05) is 20.3 Å². The average Bonchev–Trinajstić information content (AvgIpc) is 3.06. The molecule has 3 rings (SSSR count). The Bertz CT molecular complexity index is 949. The second-order valence-corrected chi connectivity index (χ2v) is 5.55. The number of aromatic nitrogens is 2. The van der Waals surface area contributed by atoms with Gasteiger partial charge in [0, 0.05) is 5.56 Å². The molecular formula is C19H19N3O5. The van der Waals surface area contributed by atoms with Crippen LogP contribution >= 0.6 is 0 Å². The highest BCUT2D eigenvalue weighted by atomic mass is 16.5. The molecule has 0 saturated heterocycles. The molecule has 1 heterocycles. The zero-order valence-corrected chi connectivity index (χ0v) is 14.8. The number of carbonyl (C=O) groups is 1. The van der Waals surface area contributed by atoms with Crippen molar-refractivity contribution in [3.63, 3.8) is 0 Å². The number of benzene rings is 2. The number of nitrogens with one attached hydrogen (secondary N) is 1. The van der Waals surface area contributed by atoms with Gasteiger partial charge >= 0.3 is 5.76 Å². The van der Waals surface area contributed by atoms with Crippen LogP contribution in [0.1, 0.15) is 0 Å². The first-order valence-electron chi connectivity index (χ1n) is 8.33. The van der Waals surface area contributed by atoms with Crippen LogP contribution in [0.15, 0.2) is 63.8 Å². The second-order valence-electron chi connectivity index (χ2n) is 5.55. The summed E-state index contributed by atoms with van der Waals surface area (Å²) in [6, 6.07) is 16.2. The van der Waals surface area contributed by atoms with Crippen LogP contribution in [0.4, 0.5) is 0 Å². The quantitative estimate of drug-likeness (QED) is 0.607. The molecule has 2 aromatic carbocycles. The molecule has 0 aliphatic rings. The zero-order chi connectivity index (χ0) is 19.1. The Morgan fingerprint density at radius 2 is 1.81 bits per heavy atom. The predicted octanol–water partition coefficient (Wildman–Crippen LogP) is 1.71. The topological polar surface area (TPSA) is 95.6 Å². The number of amides is 1. The van der Waals surface area contributed by atoms with E-state index in [0.717, 1.165) is 4.68 Å². The Hall–Kier alpha value is -3.55. The summed E-state index contributed by atoms with van der Waals surface area (Å²) in [6.45, 7) is 0.300. The van der Waals surface area contributed by atoms with Crippen LogP contribution in [-0.4, -0.2) is 35.9 Å². The molecule has 0 unspecified atom stereocenters. The van der Waals surface area contributed by atoms with E-state index < -0.39 is 5.76 Å². The third kappa shape index (κ3) is 4.75. The van der Waals surface area contributed by atoms with Gasteiger partial charge in [0.05, 0.1) is 13.7 Å². The van der Waals surface area contributed by atoms with Crippen LogP contribution < -0.4 is 20.5 Å². The third-order valence-electron chi connectivity index (χ3n) is 3.67. The smallest absolute Gasteiger partial charge is 0.437 e. The van der Waals surface area contributed by atoms with Crippen molar-refractivity contribution >= 4 is 5.91 Å². The van der Waals surface area contributed by atoms with E-state index in [2.05, 4.69) is 10.4 Å². The molecule has 8 heteroatoms. The van der Waals surface area contributed by atoms with Crippen molar-refractivity contribution in [2.45, 2.75) is 6.54 Å². The summed E-state index contributed by atoms with van der Waals surface area (Å²) < 4.78 is 16.8. The Labute approximate surface area is 155 Å². The van der Waals surface area contributed by atoms with E-state index in [-0.39, 0.29) is 31.5 Å². The SMILES string of the molecule is COc1ccccc1OCCNC(=O)Cn1nc(-c2ccccc2)oc1=O. The normalized spacial score (nSPS) is 10.4. The highest BCUT2D eigenvalue weighted by molar-refractivity contribution is 5.75. The molecule has 0 radical (unpaired) electrons. The van der Waals surface area contributed by atoms with Gasteiger partial charge in [-0.25, -0.2) is 4.79 Å². The number of rotatable bonds is 8. The summed E-state index contributed by atoms with van der Waals surface area (Å²) in [5.74, 6) is 0.330. The second kappa shape index (κ2) is 8.70. The minimum atomic E-state index is -0.686. The van der Waals surface area contributed by atoms with Gasteiger partial charge in [-0.2, -0.15) is 4.68 Å². The Kier molecular flexibility index (Phi) is 5.88. The largest absolute Gasteiger partial charge is 0.493 e. The lowest BCUT2D eigenvalue weighted by atomic mass is 10.2. The van der Waals surface area contributed by atoms with Crippen molar-refractivity contribution in [3.8, 4) is 23.0 Å². The maximum Gasteiger partial charge on any atom is 0.437 e. The van der Waals surface area contributed by atoms with E-state index in [1.54, 1.807) is 31.4 Å². The van der Waals surface area contributed by atoms with E-state index in [0.29, 0.717) is 17.1 Å². The summed E-state index contributed by atoms with van der Waals surface area (Å²) in [6.07, 6.45) is 0. The fourth-order valence-electron chi connectivity index (χ4n) is 2.38. The Morgan fingerprint density at radius 3 is 2.56 bits per heavy atom. The Morgan fingerprint density at radius 1 is 1.11 bits per heavy atom. The number of methoxy groups -OCH3 is 1.